The quantitative estimate of drug-likeness (QED) is 0.692. The number of H-pyrrole nitrogens is 1. The molecule has 1 heterocycles. The van der Waals surface area contributed by atoms with E-state index in [1.165, 1.54) is 24.4 Å². The number of benzene rings is 1. The number of hydrogen-bond donors (Lipinski definition) is 3. The van der Waals surface area contributed by atoms with Gasteiger partial charge in [-0.3, -0.25) is 5.10 Å². The molecule has 1 atom stereocenters. The monoisotopic (exact) mass is 207 g/mol. The molecular weight excluding hydrogens is 197 g/mol. The van der Waals surface area contributed by atoms with Crippen LogP contribution in [-0.2, 0) is 0 Å². The SMILES string of the molecule is Nc1[nH]ncc1C(O)c1cccc(F)c1. The van der Waals surface area contributed by atoms with Crippen LogP contribution >= 0.6 is 0 Å². The van der Waals surface area contributed by atoms with E-state index in [9.17, 15) is 9.50 Å². The fourth-order valence-electron chi connectivity index (χ4n) is 1.38. The van der Waals surface area contributed by atoms with Crippen LogP contribution in [0.15, 0.2) is 30.5 Å². The zero-order valence-electron chi connectivity index (χ0n) is 7.81. The van der Waals surface area contributed by atoms with E-state index in [4.69, 9.17) is 5.73 Å². The number of nitrogens with zero attached hydrogens (tertiary/aromatic N) is 1. The average Bonchev–Trinajstić information content (AvgIpc) is 2.63. The number of nitrogens with two attached hydrogens (primary N) is 1. The molecule has 4 N–H and O–H groups in total. The molecule has 0 radical (unpaired) electrons. The Morgan fingerprint density at radius 3 is 2.87 bits per heavy atom. The standard InChI is InChI=1S/C10H10FN3O/c11-7-3-1-2-6(4-7)9(15)8-5-13-14-10(8)12/h1-5,9,15H,(H3,12,13,14). The van der Waals surface area contributed by atoms with Crippen LogP contribution in [0.4, 0.5) is 10.2 Å². The van der Waals surface area contributed by atoms with Gasteiger partial charge < -0.3 is 10.8 Å². The van der Waals surface area contributed by atoms with Crippen LogP contribution in [0.1, 0.15) is 17.2 Å². The van der Waals surface area contributed by atoms with Gasteiger partial charge in [-0.25, -0.2) is 4.39 Å². The molecule has 5 heteroatoms. The van der Waals surface area contributed by atoms with Gasteiger partial charge in [0.05, 0.1) is 6.20 Å². The van der Waals surface area contributed by atoms with Crippen LogP contribution in [0.5, 0.6) is 0 Å². The first-order valence-corrected chi connectivity index (χ1v) is 4.41. The lowest BCUT2D eigenvalue weighted by molar-refractivity contribution is 0.220. The maximum Gasteiger partial charge on any atom is 0.125 e. The number of anilines is 1. The molecule has 15 heavy (non-hydrogen) atoms. The second-order valence-corrected chi connectivity index (χ2v) is 3.20. The fourth-order valence-corrected chi connectivity index (χ4v) is 1.38. The number of halogens is 1. The molecule has 0 fully saturated rings. The van der Waals surface area contributed by atoms with Gasteiger partial charge in [0.1, 0.15) is 17.7 Å². The summed E-state index contributed by atoms with van der Waals surface area (Å²) in [4.78, 5) is 0. The van der Waals surface area contributed by atoms with Crippen molar-refractivity contribution < 1.29 is 9.50 Å². The number of nitrogen functional groups attached to an aromatic ring is 1. The third-order valence-electron chi connectivity index (χ3n) is 2.16. The molecule has 0 aliphatic heterocycles. The number of aliphatic hydroxyl groups is 1. The first kappa shape index (κ1) is 9.67. The lowest BCUT2D eigenvalue weighted by Gasteiger charge is -2.09. The molecule has 4 nitrogen and oxygen atoms in total. The number of rotatable bonds is 2. The number of aromatic amines is 1. The summed E-state index contributed by atoms with van der Waals surface area (Å²) in [6, 6.07) is 5.73. The summed E-state index contributed by atoms with van der Waals surface area (Å²) in [7, 11) is 0. The highest BCUT2D eigenvalue weighted by atomic mass is 19.1. The van der Waals surface area contributed by atoms with E-state index in [1.54, 1.807) is 6.07 Å². The second kappa shape index (κ2) is 3.70. The minimum atomic E-state index is -0.959. The van der Waals surface area contributed by atoms with E-state index in [2.05, 4.69) is 10.2 Å². The van der Waals surface area contributed by atoms with Gasteiger partial charge in [0.2, 0.25) is 0 Å². The Balaban J connectivity index is 2.36. The molecule has 0 aliphatic rings. The van der Waals surface area contributed by atoms with Crippen molar-refractivity contribution in [2.45, 2.75) is 6.10 Å². The largest absolute Gasteiger partial charge is 0.384 e. The number of nitrogens with one attached hydrogen (secondary N) is 1. The molecule has 1 aromatic heterocycles. The maximum absolute atomic E-state index is 12.9. The summed E-state index contributed by atoms with van der Waals surface area (Å²) in [6.45, 7) is 0. The third-order valence-corrected chi connectivity index (χ3v) is 2.16. The second-order valence-electron chi connectivity index (χ2n) is 3.20. The van der Waals surface area contributed by atoms with Crippen LogP contribution < -0.4 is 5.73 Å². The van der Waals surface area contributed by atoms with Crippen molar-refractivity contribution in [3.8, 4) is 0 Å². The van der Waals surface area contributed by atoms with Crippen molar-refractivity contribution in [1.29, 1.82) is 0 Å². The van der Waals surface area contributed by atoms with Crippen molar-refractivity contribution in [2.75, 3.05) is 5.73 Å². The molecule has 0 saturated carbocycles. The van der Waals surface area contributed by atoms with Gasteiger partial charge in [-0.05, 0) is 17.7 Å². The molecule has 1 unspecified atom stereocenters. The van der Waals surface area contributed by atoms with Gasteiger partial charge in [0.25, 0.3) is 0 Å². The zero-order chi connectivity index (χ0) is 10.8. The van der Waals surface area contributed by atoms with Crippen molar-refractivity contribution in [3.63, 3.8) is 0 Å². The topological polar surface area (TPSA) is 74.9 Å². The van der Waals surface area contributed by atoms with E-state index in [0.717, 1.165) is 0 Å². The van der Waals surface area contributed by atoms with E-state index in [1.807, 2.05) is 0 Å². The number of aliphatic hydroxyl groups excluding tert-OH is 1. The molecule has 0 aliphatic carbocycles. The van der Waals surface area contributed by atoms with Gasteiger partial charge >= 0.3 is 0 Å². The van der Waals surface area contributed by atoms with E-state index in [-0.39, 0.29) is 5.82 Å². The Hall–Kier alpha value is -1.88. The third kappa shape index (κ3) is 1.82. The Kier molecular flexibility index (Phi) is 2.39. The highest BCUT2D eigenvalue weighted by Crippen LogP contribution is 2.24. The Morgan fingerprint density at radius 1 is 1.47 bits per heavy atom. The minimum absolute atomic E-state index is 0.284. The van der Waals surface area contributed by atoms with E-state index in [0.29, 0.717) is 11.1 Å². The molecule has 1 aromatic carbocycles. The molecule has 0 spiro atoms. The summed E-state index contributed by atoms with van der Waals surface area (Å²) >= 11 is 0. The summed E-state index contributed by atoms with van der Waals surface area (Å²) in [5, 5.41) is 16.1. The highest BCUT2D eigenvalue weighted by molar-refractivity contribution is 5.43. The van der Waals surface area contributed by atoms with E-state index < -0.39 is 11.9 Å². The predicted molar refractivity (Wildman–Crippen MR) is 53.5 cm³/mol. The lowest BCUT2D eigenvalue weighted by atomic mass is 10.0. The summed E-state index contributed by atoms with van der Waals surface area (Å²) in [6.07, 6.45) is 0.463. The van der Waals surface area contributed by atoms with Crippen molar-refractivity contribution >= 4 is 5.82 Å². The van der Waals surface area contributed by atoms with Crippen molar-refractivity contribution in [1.82, 2.24) is 10.2 Å². The smallest absolute Gasteiger partial charge is 0.125 e. The van der Waals surface area contributed by atoms with Gasteiger partial charge in [-0.15, -0.1) is 0 Å². The van der Waals surface area contributed by atoms with Gasteiger partial charge in [-0.2, -0.15) is 5.10 Å². The lowest BCUT2D eigenvalue weighted by Crippen LogP contribution is -2.02. The minimum Gasteiger partial charge on any atom is -0.384 e. The van der Waals surface area contributed by atoms with Gasteiger partial charge in [0, 0.05) is 5.56 Å². The van der Waals surface area contributed by atoms with Gasteiger partial charge in [-0.1, -0.05) is 12.1 Å². The van der Waals surface area contributed by atoms with Gasteiger partial charge in [0.15, 0.2) is 0 Å². The number of aromatic nitrogens is 2. The zero-order valence-corrected chi connectivity index (χ0v) is 7.81. The summed E-state index contributed by atoms with van der Waals surface area (Å²) in [5.74, 6) is -0.111. The predicted octanol–water partition coefficient (Wildman–Crippen LogP) is 1.21. The van der Waals surface area contributed by atoms with Crippen molar-refractivity contribution in [3.05, 3.63) is 47.4 Å². The molecule has 0 saturated heterocycles. The molecule has 0 bridgehead atoms. The fraction of sp³-hybridized carbons (Fsp3) is 0.100. The Labute approximate surface area is 85.6 Å². The van der Waals surface area contributed by atoms with Crippen LogP contribution in [0, 0.1) is 5.82 Å². The first-order chi connectivity index (χ1) is 7.18. The summed E-state index contributed by atoms with van der Waals surface area (Å²) < 4.78 is 12.9. The highest BCUT2D eigenvalue weighted by Gasteiger charge is 2.15. The maximum atomic E-state index is 12.9. The summed E-state index contributed by atoms with van der Waals surface area (Å²) in [5.41, 5.74) is 6.44. The van der Waals surface area contributed by atoms with Crippen molar-refractivity contribution in [2.24, 2.45) is 0 Å². The van der Waals surface area contributed by atoms with E-state index >= 15 is 0 Å². The molecule has 2 aromatic rings. The van der Waals surface area contributed by atoms with Crippen LogP contribution in [0.25, 0.3) is 0 Å². The average molecular weight is 207 g/mol. The molecule has 78 valence electrons. The first-order valence-electron chi connectivity index (χ1n) is 4.41. The van der Waals surface area contributed by atoms with Crippen LogP contribution in [0.3, 0.4) is 0 Å². The Morgan fingerprint density at radius 2 is 2.27 bits per heavy atom. The Bertz CT molecular complexity index is 469. The molecule has 0 amide bonds. The molecule has 2 rings (SSSR count). The normalized spacial score (nSPS) is 12.7. The number of hydrogen-bond acceptors (Lipinski definition) is 3. The molecular formula is C10H10FN3O. The van der Waals surface area contributed by atoms with Crippen LogP contribution in [-0.4, -0.2) is 15.3 Å². The van der Waals surface area contributed by atoms with Crippen LogP contribution in [0.2, 0.25) is 0 Å².